The zero-order valence-electron chi connectivity index (χ0n) is 15.9. The van der Waals surface area contributed by atoms with Crippen LogP contribution in [-0.2, 0) is 24.3 Å². The van der Waals surface area contributed by atoms with Crippen LogP contribution in [0.2, 0.25) is 0 Å². The molecule has 3 heterocycles. The Morgan fingerprint density at radius 2 is 2.07 bits per heavy atom. The number of ether oxygens (including phenoxy) is 1. The molecule has 1 aromatic heterocycles. The zero-order chi connectivity index (χ0) is 18.6. The summed E-state index contributed by atoms with van der Waals surface area (Å²) in [6.45, 7) is 6.73. The van der Waals surface area contributed by atoms with Crippen LogP contribution in [-0.4, -0.2) is 51.8 Å². The maximum absolute atomic E-state index is 13.1. The molecule has 0 unspecified atom stereocenters. The Balaban J connectivity index is 1.53. The van der Waals surface area contributed by atoms with Crippen LogP contribution in [0.5, 0.6) is 0 Å². The Bertz CT molecular complexity index is 786. The van der Waals surface area contributed by atoms with Crippen LogP contribution < -0.4 is 5.32 Å². The summed E-state index contributed by atoms with van der Waals surface area (Å²) >= 11 is 0. The summed E-state index contributed by atoms with van der Waals surface area (Å²) in [6.07, 6.45) is 2.83. The number of amides is 1. The maximum Gasteiger partial charge on any atom is 0.254 e. The van der Waals surface area contributed by atoms with E-state index in [9.17, 15) is 4.79 Å². The highest BCUT2D eigenvalue weighted by molar-refractivity contribution is 5.94. The van der Waals surface area contributed by atoms with Crippen molar-refractivity contribution in [2.24, 2.45) is 0 Å². The summed E-state index contributed by atoms with van der Waals surface area (Å²) < 4.78 is 7.64. The van der Waals surface area contributed by atoms with Gasteiger partial charge in [-0.15, -0.1) is 10.2 Å². The molecule has 4 rings (SSSR count). The normalized spacial score (nSPS) is 19.7. The lowest BCUT2D eigenvalue weighted by Gasteiger charge is -2.25. The number of fused-ring (bicyclic) bond motifs is 1. The van der Waals surface area contributed by atoms with Gasteiger partial charge in [-0.2, -0.15) is 0 Å². The standard InChI is InChI=1S/C20H27N5O2/c1-2-27-14-15-5-7-16(8-6-15)20(26)24-12-3-4-17(24)19-23-22-18-9-10-21-11-13-25(18)19/h5-8,17,21H,2-4,9-14H2,1H3/t17-/m0/s1. The van der Waals surface area contributed by atoms with Gasteiger partial charge in [0, 0.05) is 44.8 Å². The molecule has 0 spiro atoms. The average molecular weight is 369 g/mol. The summed E-state index contributed by atoms with van der Waals surface area (Å²) in [5.74, 6) is 2.03. The van der Waals surface area contributed by atoms with E-state index in [1.165, 1.54) is 0 Å². The third-order valence-corrected chi connectivity index (χ3v) is 5.38. The molecule has 0 bridgehead atoms. The number of carbonyl (C=O) groups excluding carboxylic acids is 1. The van der Waals surface area contributed by atoms with E-state index in [4.69, 9.17) is 4.74 Å². The highest BCUT2D eigenvalue weighted by Crippen LogP contribution is 2.32. The predicted octanol–water partition coefficient (Wildman–Crippen LogP) is 1.94. The molecule has 1 fully saturated rings. The van der Waals surface area contributed by atoms with Gasteiger partial charge in [-0.3, -0.25) is 4.79 Å². The number of hydrogen-bond donors (Lipinski definition) is 1. The monoisotopic (exact) mass is 369 g/mol. The molecular formula is C20H27N5O2. The van der Waals surface area contributed by atoms with Crippen LogP contribution in [0, 0.1) is 0 Å². The first-order valence-electron chi connectivity index (χ1n) is 9.88. The van der Waals surface area contributed by atoms with Crippen molar-refractivity contribution in [2.75, 3.05) is 26.2 Å². The molecule has 2 aliphatic heterocycles. The number of carbonyl (C=O) groups is 1. The number of nitrogens with one attached hydrogen (secondary N) is 1. The molecule has 1 amide bonds. The van der Waals surface area contributed by atoms with E-state index in [2.05, 4.69) is 20.1 Å². The molecule has 1 aromatic carbocycles. The molecule has 1 N–H and O–H groups in total. The third kappa shape index (κ3) is 3.75. The van der Waals surface area contributed by atoms with Crippen molar-refractivity contribution in [2.45, 2.75) is 45.4 Å². The second-order valence-electron chi connectivity index (χ2n) is 7.12. The molecule has 0 aliphatic carbocycles. The van der Waals surface area contributed by atoms with E-state index in [0.717, 1.165) is 68.2 Å². The Morgan fingerprint density at radius 3 is 2.89 bits per heavy atom. The molecule has 7 nitrogen and oxygen atoms in total. The van der Waals surface area contributed by atoms with E-state index in [-0.39, 0.29) is 11.9 Å². The van der Waals surface area contributed by atoms with Gasteiger partial charge < -0.3 is 19.5 Å². The zero-order valence-corrected chi connectivity index (χ0v) is 15.9. The lowest BCUT2D eigenvalue weighted by Crippen LogP contribution is -2.32. The van der Waals surface area contributed by atoms with Crippen LogP contribution in [0.4, 0.5) is 0 Å². The number of likely N-dealkylation sites (tertiary alicyclic amines) is 1. The largest absolute Gasteiger partial charge is 0.377 e. The molecule has 7 heteroatoms. The summed E-state index contributed by atoms with van der Waals surface area (Å²) in [5.41, 5.74) is 1.81. The highest BCUT2D eigenvalue weighted by Gasteiger charge is 2.34. The van der Waals surface area contributed by atoms with Crippen LogP contribution in [0.3, 0.4) is 0 Å². The Morgan fingerprint density at radius 1 is 1.22 bits per heavy atom. The first kappa shape index (κ1) is 18.1. The molecule has 2 aliphatic rings. The number of aromatic nitrogens is 3. The first-order valence-corrected chi connectivity index (χ1v) is 9.88. The van der Waals surface area contributed by atoms with Crippen molar-refractivity contribution < 1.29 is 9.53 Å². The van der Waals surface area contributed by atoms with Gasteiger partial charge in [-0.1, -0.05) is 12.1 Å². The van der Waals surface area contributed by atoms with Crippen LogP contribution in [0.25, 0.3) is 0 Å². The van der Waals surface area contributed by atoms with Crippen molar-refractivity contribution in [3.63, 3.8) is 0 Å². The molecule has 1 saturated heterocycles. The predicted molar refractivity (Wildman–Crippen MR) is 101 cm³/mol. The van der Waals surface area contributed by atoms with Crippen molar-refractivity contribution in [3.8, 4) is 0 Å². The fraction of sp³-hybridized carbons (Fsp3) is 0.550. The van der Waals surface area contributed by atoms with E-state index in [1.54, 1.807) is 0 Å². The van der Waals surface area contributed by atoms with Crippen molar-refractivity contribution in [3.05, 3.63) is 47.0 Å². The molecule has 1 atom stereocenters. The van der Waals surface area contributed by atoms with Gasteiger partial charge in [0.15, 0.2) is 5.82 Å². The minimum absolute atomic E-state index is 0.0138. The van der Waals surface area contributed by atoms with Gasteiger partial charge in [0.05, 0.1) is 12.6 Å². The number of benzene rings is 1. The highest BCUT2D eigenvalue weighted by atomic mass is 16.5. The van der Waals surface area contributed by atoms with Crippen molar-refractivity contribution >= 4 is 5.91 Å². The quantitative estimate of drug-likeness (QED) is 0.872. The smallest absolute Gasteiger partial charge is 0.254 e. The minimum Gasteiger partial charge on any atom is -0.377 e. The average Bonchev–Trinajstić information content (AvgIpc) is 3.27. The van der Waals surface area contributed by atoms with E-state index in [1.807, 2.05) is 36.1 Å². The Labute approximate surface area is 159 Å². The number of hydrogen-bond acceptors (Lipinski definition) is 5. The van der Waals surface area contributed by atoms with Gasteiger partial charge >= 0.3 is 0 Å². The van der Waals surface area contributed by atoms with Gasteiger partial charge in [0.1, 0.15) is 5.82 Å². The van der Waals surface area contributed by atoms with Gasteiger partial charge in [-0.25, -0.2) is 0 Å². The van der Waals surface area contributed by atoms with Gasteiger partial charge in [0.25, 0.3) is 5.91 Å². The number of nitrogens with zero attached hydrogens (tertiary/aromatic N) is 4. The lowest BCUT2D eigenvalue weighted by molar-refractivity contribution is 0.0727. The Kier molecular flexibility index (Phi) is 5.50. The molecule has 2 aromatic rings. The molecule has 0 saturated carbocycles. The fourth-order valence-electron chi connectivity index (χ4n) is 3.95. The summed E-state index contributed by atoms with van der Waals surface area (Å²) in [4.78, 5) is 15.1. The van der Waals surface area contributed by atoms with Gasteiger partial charge in [0.2, 0.25) is 0 Å². The van der Waals surface area contributed by atoms with E-state index < -0.39 is 0 Å². The molecule has 0 radical (unpaired) electrons. The maximum atomic E-state index is 13.1. The summed E-state index contributed by atoms with van der Waals surface area (Å²) in [5, 5.41) is 12.3. The first-order chi connectivity index (χ1) is 13.3. The second kappa shape index (κ2) is 8.19. The van der Waals surface area contributed by atoms with Gasteiger partial charge in [-0.05, 0) is 37.5 Å². The third-order valence-electron chi connectivity index (χ3n) is 5.38. The molecule has 144 valence electrons. The Hall–Kier alpha value is -2.25. The SMILES string of the molecule is CCOCc1ccc(C(=O)N2CCC[C@H]2c2nnc3n2CCNCC3)cc1. The fourth-order valence-corrected chi connectivity index (χ4v) is 3.95. The van der Waals surface area contributed by atoms with E-state index >= 15 is 0 Å². The number of rotatable bonds is 5. The van der Waals surface area contributed by atoms with Crippen LogP contribution >= 0.6 is 0 Å². The summed E-state index contributed by atoms with van der Waals surface area (Å²) in [6, 6.07) is 7.77. The van der Waals surface area contributed by atoms with E-state index in [0.29, 0.717) is 13.2 Å². The van der Waals surface area contributed by atoms with Crippen LogP contribution in [0.15, 0.2) is 24.3 Å². The lowest BCUT2D eigenvalue weighted by atomic mass is 10.1. The van der Waals surface area contributed by atoms with Crippen molar-refractivity contribution in [1.82, 2.24) is 25.0 Å². The molecular weight excluding hydrogens is 342 g/mol. The summed E-state index contributed by atoms with van der Waals surface area (Å²) in [7, 11) is 0. The topological polar surface area (TPSA) is 72.3 Å². The van der Waals surface area contributed by atoms with Crippen molar-refractivity contribution in [1.29, 1.82) is 0 Å². The second-order valence-corrected chi connectivity index (χ2v) is 7.12. The minimum atomic E-state index is 0.0138. The van der Waals surface area contributed by atoms with Crippen LogP contribution in [0.1, 0.15) is 53.4 Å². The molecule has 27 heavy (non-hydrogen) atoms.